The molecule has 0 aliphatic carbocycles. The van der Waals surface area contributed by atoms with Gasteiger partial charge in [-0.25, -0.2) is 4.98 Å². The van der Waals surface area contributed by atoms with Gasteiger partial charge >= 0.3 is 0 Å². The van der Waals surface area contributed by atoms with Crippen molar-refractivity contribution >= 4 is 17.4 Å². The molecule has 0 spiro atoms. The molecule has 0 radical (unpaired) electrons. The number of anilines is 1. The van der Waals surface area contributed by atoms with E-state index in [4.69, 9.17) is 26.1 Å². The van der Waals surface area contributed by atoms with Gasteiger partial charge in [-0.15, -0.1) is 0 Å². The Hall–Kier alpha value is -2.17. The maximum Gasteiger partial charge on any atom is 0.256 e. The molecule has 0 unspecified atom stereocenters. The maximum atomic E-state index is 8.99. The molecule has 1 aliphatic heterocycles. The third-order valence-corrected chi connectivity index (χ3v) is 4.11. The Morgan fingerprint density at radius 1 is 1.43 bits per heavy atom. The maximum absolute atomic E-state index is 8.99. The SMILES string of the molecule is Cc1noc([C@H]2OCC[C@H]2CNc2nc(C)c(C#N)cc2Cl)n1. The van der Waals surface area contributed by atoms with Crippen molar-refractivity contribution in [2.24, 2.45) is 5.92 Å². The highest BCUT2D eigenvalue weighted by molar-refractivity contribution is 6.33. The van der Waals surface area contributed by atoms with Crippen LogP contribution in [0.1, 0.15) is 35.5 Å². The quantitative estimate of drug-likeness (QED) is 0.918. The monoisotopic (exact) mass is 333 g/mol. The molecule has 2 aromatic rings. The predicted octanol–water partition coefficient (Wildman–Crippen LogP) is 2.80. The molecular weight excluding hydrogens is 318 g/mol. The summed E-state index contributed by atoms with van der Waals surface area (Å²) in [4.78, 5) is 8.59. The van der Waals surface area contributed by atoms with E-state index in [1.165, 1.54) is 0 Å². The first-order chi connectivity index (χ1) is 11.1. The molecular formula is C15H16ClN5O2. The van der Waals surface area contributed by atoms with Crippen molar-refractivity contribution in [3.8, 4) is 6.07 Å². The zero-order valence-electron chi connectivity index (χ0n) is 12.8. The van der Waals surface area contributed by atoms with Crippen molar-refractivity contribution in [2.45, 2.75) is 26.4 Å². The molecule has 3 heterocycles. The molecule has 1 aliphatic rings. The largest absolute Gasteiger partial charge is 0.368 e. The van der Waals surface area contributed by atoms with Gasteiger partial charge in [-0.2, -0.15) is 10.2 Å². The lowest BCUT2D eigenvalue weighted by Gasteiger charge is -2.17. The van der Waals surface area contributed by atoms with Gasteiger partial charge in [0.1, 0.15) is 18.0 Å². The Bertz CT molecular complexity index is 755. The average Bonchev–Trinajstić information content (AvgIpc) is 3.16. The van der Waals surface area contributed by atoms with Gasteiger partial charge in [0.05, 0.1) is 16.3 Å². The van der Waals surface area contributed by atoms with Gasteiger partial charge in [0.2, 0.25) is 0 Å². The second-order valence-corrected chi connectivity index (χ2v) is 5.87. The minimum absolute atomic E-state index is 0.184. The summed E-state index contributed by atoms with van der Waals surface area (Å²) in [7, 11) is 0. The van der Waals surface area contributed by atoms with Crippen LogP contribution in [0.15, 0.2) is 10.6 Å². The molecule has 23 heavy (non-hydrogen) atoms. The van der Waals surface area contributed by atoms with Crippen molar-refractivity contribution in [3.63, 3.8) is 0 Å². The highest BCUT2D eigenvalue weighted by Crippen LogP contribution is 2.34. The van der Waals surface area contributed by atoms with E-state index in [1.807, 2.05) is 0 Å². The van der Waals surface area contributed by atoms with Gasteiger partial charge < -0.3 is 14.6 Å². The van der Waals surface area contributed by atoms with E-state index in [-0.39, 0.29) is 12.0 Å². The smallest absolute Gasteiger partial charge is 0.256 e. The van der Waals surface area contributed by atoms with Crippen LogP contribution in [0.3, 0.4) is 0 Å². The molecule has 2 atom stereocenters. The van der Waals surface area contributed by atoms with Crippen LogP contribution in [0.5, 0.6) is 0 Å². The first kappa shape index (κ1) is 15.7. The van der Waals surface area contributed by atoms with Crippen LogP contribution in [0.4, 0.5) is 5.82 Å². The third kappa shape index (κ3) is 3.28. The number of halogens is 1. The highest BCUT2D eigenvalue weighted by atomic mass is 35.5. The Labute approximate surface area is 138 Å². The van der Waals surface area contributed by atoms with Gasteiger partial charge in [-0.1, -0.05) is 16.8 Å². The lowest BCUT2D eigenvalue weighted by Crippen LogP contribution is -2.19. The second kappa shape index (κ2) is 6.52. The summed E-state index contributed by atoms with van der Waals surface area (Å²) in [6.07, 6.45) is 0.661. The Morgan fingerprint density at radius 3 is 2.96 bits per heavy atom. The molecule has 0 bridgehead atoms. The van der Waals surface area contributed by atoms with Crippen LogP contribution < -0.4 is 5.32 Å². The molecule has 8 heteroatoms. The molecule has 0 amide bonds. The Kier molecular flexibility index (Phi) is 4.46. The molecule has 1 saturated heterocycles. The fourth-order valence-corrected chi connectivity index (χ4v) is 2.81. The van der Waals surface area contributed by atoms with Crippen molar-refractivity contribution in [1.29, 1.82) is 5.26 Å². The van der Waals surface area contributed by atoms with Crippen LogP contribution in [-0.2, 0) is 4.74 Å². The minimum atomic E-state index is -0.220. The molecule has 7 nitrogen and oxygen atoms in total. The van der Waals surface area contributed by atoms with Crippen LogP contribution >= 0.6 is 11.6 Å². The number of rotatable bonds is 4. The van der Waals surface area contributed by atoms with E-state index in [0.717, 1.165) is 6.42 Å². The summed E-state index contributed by atoms with van der Waals surface area (Å²) in [5.74, 6) is 1.84. The van der Waals surface area contributed by atoms with E-state index in [1.54, 1.807) is 19.9 Å². The zero-order valence-corrected chi connectivity index (χ0v) is 13.6. The number of nitrogens with one attached hydrogen (secondary N) is 1. The summed E-state index contributed by atoms with van der Waals surface area (Å²) < 4.78 is 10.9. The summed E-state index contributed by atoms with van der Waals surface area (Å²) in [6.45, 7) is 4.82. The van der Waals surface area contributed by atoms with Crippen LogP contribution in [0.2, 0.25) is 5.02 Å². The fraction of sp³-hybridized carbons (Fsp3) is 0.467. The van der Waals surface area contributed by atoms with Crippen molar-refractivity contribution in [1.82, 2.24) is 15.1 Å². The molecule has 3 rings (SSSR count). The van der Waals surface area contributed by atoms with E-state index >= 15 is 0 Å². The molecule has 1 N–H and O–H groups in total. The van der Waals surface area contributed by atoms with Crippen molar-refractivity contribution in [2.75, 3.05) is 18.5 Å². The molecule has 2 aromatic heterocycles. The van der Waals surface area contributed by atoms with Crippen LogP contribution in [0.25, 0.3) is 0 Å². The number of hydrogen-bond donors (Lipinski definition) is 1. The van der Waals surface area contributed by atoms with Crippen LogP contribution in [0, 0.1) is 31.1 Å². The lowest BCUT2D eigenvalue weighted by molar-refractivity contribution is 0.0650. The number of nitrogens with zero attached hydrogens (tertiary/aromatic N) is 4. The Balaban J connectivity index is 1.70. The Morgan fingerprint density at radius 2 is 2.26 bits per heavy atom. The second-order valence-electron chi connectivity index (χ2n) is 5.46. The van der Waals surface area contributed by atoms with E-state index < -0.39 is 0 Å². The summed E-state index contributed by atoms with van der Waals surface area (Å²) in [5, 5.41) is 16.5. The number of aryl methyl sites for hydroxylation is 2. The van der Waals surface area contributed by atoms with E-state index in [9.17, 15) is 0 Å². The first-order valence-corrected chi connectivity index (χ1v) is 7.69. The summed E-state index contributed by atoms with van der Waals surface area (Å²) >= 11 is 6.17. The normalized spacial score (nSPS) is 20.4. The summed E-state index contributed by atoms with van der Waals surface area (Å²) in [6, 6.07) is 3.69. The van der Waals surface area contributed by atoms with Gasteiger partial charge in [0.25, 0.3) is 5.89 Å². The molecule has 0 saturated carbocycles. The number of hydrogen-bond acceptors (Lipinski definition) is 7. The topological polar surface area (TPSA) is 96.9 Å². The van der Waals surface area contributed by atoms with Gasteiger partial charge in [-0.3, -0.25) is 0 Å². The van der Waals surface area contributed by atoms with Gasteiger partial charge in [-0.05, 0) is 26.3 Å². The van der Waals surface area contributed by atoms with E-state index in [2.05, 4.69) is 26.5 Å². The number of pyridine rings is 1. The molecule has 0 aromatic carbocycles. The van der Waals surface area contributed by atoms with Crippen LogP contribution in [-0.4, -0.2) is 28.3 Å². The fourth-order valence-electron chi connectivity index (χ4n) is 2.59. The summed E-state index contributed by atoms with van der Waals surface area (Å²) in [5.41, 5.74) is 1.12. The van der Waals surface area contributed by atoms with E-state index in [0.29, 0.717) is 47.0 Å². The van der Waals surface area contributed by atoms with Crippen molar-refractivity contribution in [3.05, 3.63) is 34.1 Å². The first-order valence-electron chi connectivity index (χ1n) is 7.31. The highest BCUT2D eigenvalue weighted by Gasteiger charge is 2.34. The van der Waals surface area contributed by atoms with Gasteiger partial charge in [0, 0.05) is 19.1 Å². The third-order valence-electron chi connectivity index (χ3n) is 3.82. The lowest BCUT2D eigenvalue weighted by atomic mass is 10.0. The number of aromatic nitrogens is 3. The molecule has 1 fully saturated rings. The van der Waals surface area contributed by atoms with Crippen molar-refractivity contribution < 1.29 is 9.26 Å². The van der Waals surface area contributed by atoms with Gasteiger partial charge in [0.15, 0.2) is 5.82 Å². The number of ether oxygens (including phenoxy) is 1. The predicted molar refractivity (Wildman–Crippen MR) is 83.0 cm³/mol. The molecule has 120 valence electrons. The standard InChI is InChI=1S/C15H16ClN5O2/c1-8-11(6-17)5-12(16)14(19-8)18-7-10-3-4-22-13(10)15-20-9(2)21-23-15/h5,10,13H,3-4,7H2,1-2H3,(H,18,19)/t10-,13-/m0/s1. The zero-order chi connectivity index (χ0) is 16.4. The number of nitriles is 1. The minimum Gasteiger partial charge on any atom is -0.368 e. The average molecular weight is 334 g/mol.